The number of urea groups is 1. The van der Waals surface area contributed by atoms with Gasteiger partial charge in [0.2, 0.25) is 0 Å². The molecule has 2 N–H and O–H groups in total. The Labute approximate surface area is 174 Å². The summed E-state index contributed by atoms with van der Waals surface area (Å²) in [6.07, 6.45) is 0.894. The number of rotatable bonds is 6. The first-order valence-electron chi connectivity index (χ1n) is 9.47. The lowest BCUT2D eigenvalue weighted by Gasteiger charge is -2.11. The van der Waals surface area contributed by atoms with Crippen LogP contribution in [0.1, 0.15) is 11.4 Å². The van der Waals surface area contributed by atoms with E-state index in [1.165, 1.54) is 5.56 Å². The SMILES string of the molecule is O=C(NCc1nc2ccccc2n1CCc1ccccc1)Nc1ccc(Cl)cc1. The molecule has 6 heteroatoms. The predicted octanol–water partition coefficient (Wildman–Crippen LogP) is 5.25. The number of anilines is 1. The molecule has 0 unspecified atom stereocenters. The summed E-state index contributed by atoms with van der Waals surface area (Å²) in [4.78, 5) is 17.0. The van der Waals surface area contributed by atoms with Gasteiger partial charge >= 0.3 is 6.03 Å². The Bertz CT molecular complexity index is 1110. The lowest BCUT2D eigenvalue weighted by atomic mass is 10.1. The summed E-state index contributed by atoms with van der Waals surface area (Å²) in [5.41, 5.74) is 3.95. The highest BCUT2D eigenvalue weighted by Gasteiger charge is 2.12. The minimum Gasteiger partial charge on any atom is -0.331 e. The van der Waals surface area contributed by atoms with Crippen molar-refractivity contribution < 1.29 is 4.79 Å². The molecule has 0 fully saturated rings. The maximum Gasteiger partial charge on any atom is 0.319 e. The molecular weight excluding hydrogens is 384 g/mol. The number of imidazole rings is 1. The zero-order chi connectivity index (χ0) is 20.1. The van der Waals surface area contributed by atoms with E-state index >= 15 is 0 Å². The normalized spacial score (nSPS) is 10.8. The number of carbonyl (C=O) groups is 1. The smallest absolute Gasteiger partial charge is 0.319 e. The Morgan fingerprint density at radius 1 is 0.931 bits per heavy atom. The van der Waals surface area contributed by atoms with Crippen molar-refractivity contribution in [3.05, 3.63) is 95.3 Å². The first-order valence-corrected chi connectivity index (χ1v) is 9.85. The van der Waals surface area contributed by atoms with Crippen LogP contribution in [0, 0.1) is 0 Å². The van der Waals surface area contributed by atoms with Crippen molar-refractivity contribution in [3.8, 4) is 0 Å². The monoisotopic (exact) mass is 404 g/mol. The highest BCUT2D eigenvalue weighted by Crippen LogP contribution is 2.17. The Morgan fingerprint density at radius 3 is 2.45 bits per heavy atom. The van der Waals surface area contributed by atoms with Crippen LogP contribution >= 0.6 is 11.6 Å². The third kappa shape index (κ3) is 4.76. The number of hydrogen-bond acceptors (Lipinski definition) is 2. The molecule has 0 saturated carbocycles. The minimum atomic E-state index is -0.283. The highest BCUT2D eigenvalue weighted by atomic mass is 35.5. The quantitative estimate of drug-likeness (QED) is 0.461. The fourth-order valence-corrected chi connectivity index (χ4v) is 3.39. The number of benzene rings is 3. The molecule has 3 aromatic carbocycles. The molecule has 146 valence electrons. The van der Waals surface area contributed by atoms with Gasteiger partial charge in [0.1, 0.15) is 5.82 Å². The van der Waals surface area contributed by atoms with E-state index in [4.69, 9.17) is 16.6 Å². The first kappa shape index (κ1) is 19.0. The van der Waals surface area contributed by atoms with Gasteiger partial charge < -0.3 is 15.2 Å². The molecule has 29 heavy (non-hydrogen) atoms. The van der Waals surface area contributed by atoms with Crippen LogP contribution in [0.5, 0.6) is 0 Å². The summed E-state index contributed by atoms with van der Waals surface area (Å²) >= 11 is 5.88. The zero-order valence-electron chi connectivity index (χ0n) is 15.8. The Kier molecular flexibility index (Phi) is 5.77. The molecule has 0 aliphatic heterocycles. The predicted molar refractivity (Wildman–Crippen MR) is 117 cm³/mol. The summed E-state index contributed by atoms with van der Waals surface area (Å²) in [5, 5.41) is 6.33. The van der Waals surface area contributed by atoms with Crippen molar-refractivity contribution >= 4 is 34.4 Å². The fraction of sp³-hybridized carbons (Fsp3) is 0.130. The van der Waals surface area contributed by atoms with Crippen molar-refractivity contribution in [2.24, 2.45) is 0 Å². The number of fused-ring (bicyclic) bond motifs is 1. The topological polar surface area (TPSA) is 59.0 Å². The molecule has 0 spiro atoms. The van der Waals surface area contributed by atoms with Crippen molar-refractivity contribution in [3.63, 3.8) is 0 Å². The standard InChI is InChI=1S/C23H21ClN4O/c24-18-10-12-19(13-11-18)26-23(29)25-16-22-27-20-8-4-5-9-21(20)28(22)15-14-17-6-2-1-3-7-17/h1-13H,14-16H2,(H2,25,26,29). The van der Waals surface area contributed by atoms with Crippen LogP contribution in [0.15, 0.2) is 78.9 Å². The maximum absolute atomic E-state index is 12.3. The van der Waals surface area contributed by atoms with Gasteiger partial charge in [-0.2, -0.15) is 0 Å². The molecule has 1 aromatic heterocycles. The van der Waals surface area contributed by atoms with Gasteiger partial charge in [-0.05, 0) is 48.4 Å². The van der Waals surface area contributed by atoms with Gasteiger partial charge in [-0.3, -0.25) is 0 Å². The van der Waals surface area contributed by atoms with Crippen LogP contribution < -0.4 is 10.6 Å². The van der Waals surface area contributed by atoms with Gasteiger partial charge in [0.05, 0.1) is 17.6 Å². The second-order valence-corrected chi connectivity index (χ2v) is 7.15. The first-order chi connectivity index (χ1) is 14.2. The number of amides is 2. The summed E-state index contributed by atoms with van der Waals surface area (Å²) in [6, 6.07) is 25.1. The number of aromatic nitrogens is 2. The van der Waals surface area contributed by atoms with E-state index in [0.29, 0.717) is 17.3 Å². The second kappa shape index (κ2) is 8.80. The fourth-order valence-electron chi connectivity index (χ4n) is 3.26. The van der Waals surface area contributed by atoms with Gasteiger partial charge in [-0.1, -0.05) is 54.1 Å². The van der Waals surface area contributed by atoms with Crippen LogP contribution in [-0.2, 0) is 19.5 Å². The van der Waals surface area contributed by atoms with Gasteiger partial charge in [0.15, 0.2) is 0 Å². The van der Waals surface area contributed by atoms with Crippen molar-refractivity contribution in [1.29, 1.82) is 0 Å². The summed E-state index contributed by atoms with van der Waals surface area (Å²) in [5.74, 6) is 0.827. The molecule has 0 aliphatic rings. The van der Waals surface area contributed by atoms with Gasteiger partial charge in [-0.25, -0.2) is 9.78 Å². The zero-order valence-corrected chi connectivity index (χ0v) is 16.6. The summed E-state index contributed by atoms with van der Waals surface area (Å²) < 4.78 is 2.17. The molecule has 4 rings (SSSR count). The molecule has 0 bridgehead atoms. The van der Waals surface area contributed by atoms with Crippen molar-refractivity contribution in [1.82, 2.24) is 14.9 Å². The number of nitrogens with one attached hydrogen (secondary N) is 2. The average molecular weight is 405 g/mol. The lowest BCUT2D eigenvalue weighted by molar-refractivity contribution is 0.251. The van der Waals surface area contributed by atoms with E-state index in [1.54, 1.807) is 24.3 Å². The number of para-hydroxylation sites is 2. The molecule has 2 amide bonds. The van der Waals surface area contributed by atoms with Crippen LogP contribution in [-0.4, -0.2) is 15.6 Å². The number of hydrogen-bond donors (Lipinski definition) is 2. The van der Waals surface area contributed by atoms with E-state index < -0.39 is 0 Å². The molecule has 5 nitrogen and oxygen atoms in total. The van der Waals surface area contributed by atoms with Gasteiger partial charge in [-0.15, -0.1) is 0 Å². The van der Waals surface area contributed by atoms with Crippen LogP contribution in [0.2, 0.25) is 5.02 Å². The number of aryl methyl sites for hydroxylation is 2. The van der Waals surface area contributed by atoms with E-state index in [0.717, 1.165) is 29.8 Å². The lowest BCUT2D eigenvalue weighted by Crippen LogP contribution is -2.29. The molecule has 0 radical (unpaired) electrons. The Hall–Kier alpha value is -3.31. The average Bonchev–Trinajstić information content (AvgIpc) is 3.11. The number of halogens is 1. The number of nitrogens with zero attached hydrogens (tertiary/aromatic N) is 2. The van der Waals surface area contributed by atoms with Crippen LogP contribution in [0.3, 0.4) is 0 Å². The van der Waals surface area contributed by atoms with Gasteiger partial charge in [0.25, 0.3) is 0 Å². The van der Waals surface area contributed by atoms with E-state index in [-0.39, 0.29) is 6.03 Å². The second-order valence-electron chi connectivity index (χ2n) is 6.72. The molecular formula is C23H21ClN4O. The van der Waals surface area contributed by atoms with E-state index in [1.807, 2.05) is 36.4 Å². The van der Waals surface area contributed by atoms with Crippen LogP contribution in [0.4, 0.5) is 10.5 Å². The van der Waals surface area contributed by atoms with Gasteiger partial charge in [0, 0.05) is 17.3 Å². The highest BCUT2D eigenvalue weighted by molar-refractivity contribution is 6.30. The Balaban J connectivity index is 1.47. The summed E-state index contributed by atoms with van der Waals surface area (Å²) in [6.45, 7) is 1.13. The molecule has 4 aromatic rings. The van der Waals surface area contributed by atoms with Crippen molar-refractivity contribution in [2.75, 3.05) is 5.32 Å². The maximum atomic E-state index is 12.3. The Morgan fingerprint density at radius 2 is 1.66 bits per heavy atom. The molecule has 0 saturated heterocycles. The van der Waals surface area contributed by atoms with E-state index in [9.17, 15) is 4.79 Å². The molecule has 0 aliphatic carbocycles. The largest absolute Gasteiger partial charge is 0.331 e. The van der Waals surface area contributed by atoms with Crippen molar-refractivity contribution in [2.45, 2.75) is 19.5 Å². The van der Waals surface area contributed by atoms with E-state index in [2.05, 4.69) is 33.4 Å². The number of carbonyl (C=O) groups excluding carboxylic acids is 1. The minimum absolute atomic E-state index is 0.283. The third-order valence-corrected chi connectivity index (χ3v) is 4.96. The summed E-state index contributed by atoms with van der Waals surface area (Å²) in [7, 11) is 0. The third-order valence-electron chi connectivity index (χ3n) is 4.71. The molecule has 1 heterocycles. The van der Waals surface area contributed by atoms with Crippen LogP contribution in [0.25, 0.3) is 11.0 Å². The molecule has 0 atom stereocenters.